The van der Waals surface area contributed by atoms with Crippen molar-refractivity contribution < 1.29 is 9.59 Å². The van der Waals surface area contributed by atoms with Gasteiger partial charge in [0.1, 0.15) is 5.03 Å². The number of hydrogen-bond donors (Lipinski definition) is 1. The maximum Gasteiger partial charge on any atom is 0.261 e. The minimum Gasteiger partial charge on any atom is -0.353 e. The van der Waals surface area contributed by atoms with Crippen LogP contribution in [-0.2, 0) is 4.79 Å². The predicted molar refractivity (Wildman–Crippen MR) is 94.3 cm³/mol. The maximum absolute atomic E-state index is 13.0. The van der Waals surface area contributed by atoms with Gasteiger partial charge in [0.2, 0.25) is 5.91 Å². The molecule has 24 heavy (non-hydrogen) atoms. The van der Waals surface area contributed by atoms with Crippen molar-refractivity contribution in [3.8, 4) is 0 Å². The number of rotatable bonds is 5. The van der Waals surface area contributed by atoms with E-state index in [1.165, 1.54) is 11.8 Å². The molecule has 1 aromatic heterocycles. The van der Waals surface area contributed by atoms with E-state index in [2.05, 4.69) is 16.9 Å². The van der Waals surface area contributed by atoms with Crippen LogP contribution in [0.3, 0.4) is 0 Å². The molecule has 2 amide bonds. The molecule has 0 saturated heterocycles. The highest BCUT2D eigenvalue weighted by molar-refractivity contribution is 7.99. The second-order valence-corrected chi connectivity index (χ2v) is 6.26. The number of hydrogen-bond acceptors (Lipinski definition) is 4. The van der Waals surface area contributed by atoms with E-state index in [4.69, 9.17) is 0 Å². The van der Waals surface area contributed by atoms with Crippen molar-refractivity contribution in [2.45, 2.75) is 16.3 Å². The van der Waals surface area contributed by atoms with Gasteiger partial charge in [0.05, 0.1) is 11.3 Å². The number of amides is 2. The number of nitrogens with zero attached hydrogens (tertiary/aromatic N) is 2. The van der Waals surface area contributed by atoms with Crippen molar-refractivity contribution in [1.82, 2.24) is 10.3 Å². The van der Waals surface area contributed by atoms with E-state index < -0.39 is 0 Å². The molecule has 0 atom stereocenters. The van der Waals surface area contributed by atoms with Gasteiger partial charge in [-0.2, -0.15) is 0 Å². The lowest BCUT2D eigenvalue weighted by Gasteiger charge is -2.22. The molecule has 5 nitrogen and oxygen atoms in total. The number of anilines is 1. The Kier molecular flexibility index (Phi) is 4.96. The lowest BCUT2D eigenvalue weighted by Crippen LogP contribution is -2.35. The van der Waals surface area contributed by atoms with Crippen LogP contribution in [0, 0.1) is 0 Å². The van der Waals surface area contributed by atoms with E-state index in [1.807, 2.05) is 24.3 Å². The summed E-state index contributed by atoms with van der Waals surface area (Å²) in [7, 11) is 0. The summed E-state index contributed by atoms with van der Waals surface area (Å²) in [6.07, 6.45) is 3.54. The maximum atomic E-state index is 13.0. The summed E-state index contributed by atoms with van der Waals surface area (Å²) in [5.41, 5.74) is 1.37. The van der Waals surface area contributed by atoms with Gasteiger partial charge >= 0.3 is 0 Å². The number of carbonyl (C=O) groups is 2. The number of nitrogens with one attached hydrogen (secondary N) is 1. The summed E-state index contributed by atoms with van der Waals surface area (Å²) >= 11 is 1.47. The third-order valence-electron chi connectivity index (χ3n) is 3.62. The molecule has 0 fully saturated rings. The first-order valence-electron chi connectivity index (χ1n) is 7.62. The molecule has 0 aliphatic carbocycles. The van der Waals surface area contributed by atoms with Gasteiger partial charge in [-0.15, -0.1) is 6.58 Å². The molecule has 6 heteroatoms. The van der Waals surface area contributed by atoms with Crippen molar-refractivity contribution in [3.05, 3.63) is 60.8 Å². The Morgan fingerprint density at radius 1 is 1.29 bits per heavy atom. The fourth-order valence-corrected chi connectivity index (χ4v) is 3.49. The fraction of sp³-hybridized carbons (Fsp3) is 0.167. The summed E-state index contributed by atoms with van der Waals surface area (Å²) in [6, 6.07) is 11.2. The Balaban J connectivity index is 1.90. The first kappa shape index (κ1) is 16.3. The van der Waals surface area contributed by atoms with E-state index in [-0.39, 0.29) is 18.2 Å². The SMILES string of the molecule is C=CCNC(=O)CCN1C(=O)c2cccnc2Sc2ccccc21. The van der Waals surface area contributed by atoms with Gasteiger partial charge in [-0.3, -0.25) is 9.59 Å². The van der Waals surface area contributed by atoms with Gasteiger partial charge in [-0.25, -0.2) is 4.98 Å². The molecule has 3 rings (SSSR count). The smallest absolute Gasteiger partial charge is 0.261 e. The molecule has 2 heterocycles. The molecule has 0 unspecified atom stereocenters. The molecule has 1 aliphatic rings. The molecule has 122 valence electrons. The van der Waals surface area contributed by atoms with Crippen LogP contribution in [-0.4, -0.2) is 29.9 Å². The van der Waals surface area contributed by atoms with Crippen molar-refractivity contribution >= 4 is 29.3 Å². The number of fused-ring (bicyclic) bond motifs is 2. The van der Waals surface area contributed by atoms with Crippen LogP contribution in [0.1, 0.15) is 16.8 Å². The standard InChI is InChI=1S/C18H17N3O2S/c1-2-10-19-16(22)9-12-21-14-7-3-4-8-15(14)24-17-13(18(21)23)6-5-11-20-17/h2-8,11H,1,9-10,12H2,(H,19,22). The quantitative estimate of drug-likeness (QED) is 0.851. The third-order valence-corrected chi connectivity index (χ3v) is 4.70. The van der Waals surface area contributed by atoms with Crippen molar-refractivity contribution in [3.63, 3.8) is 0 Å². The van der Waals surface area contributed by atoms with Gasteiger partial charge in [-0.05, 0) is 24.3 Å². The summed E-state index contributed by atoms with van der Waals surface area (Å²) < 4.78 is 0. The fourth-order valence-electron chi connectivity index (χ4n) is 2.47. The highest BCUT2D eigenvalue weighted by Gasteiger charge is 2.27. The molecular weight excluding hydrogens is 322 g/mol. The Morgan fingerprint density at radius 2 is 2.12 bits per heavy atom. The summed E-state index contributed by atoms with van der Waals surface area (Å²) in [4.78, 5) is 31.8. The number of para-hydroxylation sites is 1. The van der Waals surface area contributed by atoms with Gasteiger partial charge in [0.25, 0.3) is 5.91 Å². The minimum absolute atomic E-state index is 0.108. The largest absolute Gasteiger partial charge is 0.353 e. The molecule has 2 aromatic rings. The highest BCUT2D eigenvalue weighted by atomic mass is 32.2. The van der Waals surface area contributed by atoms with Crippen molar-refractivity contribution in [2.75, 3.05) is 18.0 Å². The van der Waals surface area contributed by atoms with Crippen LogP contribution in [0.5, 0.6) is 0 Å². The summed E-state index contributed by atoms with van der Waals surface area (Å²) in [6.45, 7) is 4.31. The highest BCUT2D eigenvalue weighted by Crippen LogP contribution is 2.39. The van der Waals surface area contributed by atoms with E-state index in [9.17, 15) is 9.59 Å². The number of aromatic nitrogens is 1. The first-order valence-corrected chi connectivity index (χ1v) is 8.43. The summed E-state index contributed by atoms with van der Waals surface area (Å²) in [5, 5.41) is 3.42. The Bertz CT molecular complexity index is 791. The topological polar surface area (TPSA) is 62.3 Å². The molecule has 1 aliphatic heterocycles. The van der Waals surface area contributed by atoms with Crippen molar-refractivity contribution in [2.24, 2.45) is 0 Å². The molecule has 0 radical (unpaired) electrons. The number of benzene rings is 1. The normalized spacial score (nSPS) is 12.8. The zero-order valence-corrected chi connectivity index (χ0v) is 13.9. The zero-order chi connectivity index (χ0) is 16.9. The van der Waals surface area contributed by atoms with Gasteiger partial charge in [0, 0.05) is 30.6 Å². The minimum atomic E-state index is -0.132. The first-order chi connectivity index (χ1) is 11.7. The predicted octanol–water partition coefficient (Wildman–Crippen LogP) is 2.89. The molecular formula is C18H17N3O2S. The second-order valence-electron chi connectivity index (χ2n) is 5.23. The van der Waals surface area contributed by atoms with Crippen LogP contribution in [0.15, 0.2) is 65.2 Å². The van der Waals surface area contributed by atoms with Crippen LogP contribution in [0.25, 0.3) is 0 Å². The Hall–Kier alpha value is -2.60. The Labute approximate surface area is 144 Å². The average molecular weight is 339 g/mol. The molecule has 0 spiro atoms. The Morgan fingerprint density at radius 3 is 2.96 bits per heavy atom. The zero-order valence-electron chi connectivity index (χ0n) is 13.1. The second kappa shape index (κ2) is 7.31. The average Bonchev–Trinajstić information content (AvgIpc) is 2.72. The number of carbonyl (C=O) groups excluding carboxylic acids is 2. The van der Waals surface area contributed by atoms with Gasteiger partial charge in [0.15, 0.2) is 0 Å². The molecule has 0 saturated carbocycles. The van der Waals surface area contributed by atoms with Crippen molar-refractivity contribution in [1.29, 1.82) is 0 Å². The third kappa shape index (κ3) is 3.33. The van der Waals surface area contributed by atoms with Crippen LogP contribution >= 0.6 is 11.8 Å². The number of pyridine rings is 1. The van der Waals surface area contributed by atoms with Crippen LogP contribution in [0.4, 0.5) is 5.69 Å². The molecule has 1 aromatic carbocycles. The van der Waals surface area contributed by atoms with Crippen LogP contribution < -0.4 is 10.2 Å². The van der Waals surface area contributed by atoms with Gasteiger partial charge in [-0.1, -0.05) is 30.0 Å². The summed E-state index contributed by atoms with van der Waals surface area (Å²) in [5.74, 6) is -0.240. The lowest BCUT2D eigenvalue weighted by molar-refractivity contribution is -0.120. The lowest BCUT2D eigenvalue weighted by atomic mass is 10.2. The molecule has 1 N–H and O–H groups in total. The van der Waals surface area contributed by atoms with Crippen LogP contribution in [0.2, 0.25) is 0 Å². The van der Waals surface area contributed by atoms with E-state index >= 15 is 0 Å². The monoisotopic (exact) mass is 339 g/mol. The van der Waals surface area contributed by atoms with E-state index in [1.54, 1.807) is 29.3 Å². The van der Waals surface area contributed by atoms with E-state index in [0.29, 0.717) is 23.7 Å². The van der Waals surface area contributed by atoms with E-state index in [0.717, 1.165) is 10.6 Å². The molecule has 0 bridgehead atoms. The van der Waals surface area contributed by atoms with Gasteiger partial charge < -0.3 is 10.2 Å².